The minimum absolute atomic E-state index is 1.19. The SMILES string of the molecule is [CH]=CC=CCCCCCCCCCCCCCCC. The third-order valence-corrected chi connectivity index (χ3v) is 3.72. The number of hydrogen-bond acceptors (Lipinski definition) is 0. The van der Waals surface area contributed by atoms with Crippen molar-refractivity contribution in [2.75, 3.05) is 0 Å². The van der Waals surface area contributed by atoms with Gasteiger partial charge in [0.1, 0.15) is 0 Å². The standard InChI is InChI=1S/C19H35/c1-3-5-7-9-11-13-15-17-19-18-16-14-12-10-8-6-4-2/h1,3,5,7H,4,6,8-19H2,2H3. The zero-order chi connectivity index (χ0) is 14.0. The number of unbranched alkanes of at least 4 members (excludes halogenated alkanes) is 13. The highest BCUT2D eigenvalue weighted by Crippen LogP contribution is 2.12. The van der Waals surface area contributed by atoms with E-state index in [-0.39, 0.29) is 0 Å². The smallest absolute Gasteiger partial charge is 0.0348 e. The highest BCUT2D eigenvalue weighted by molar-refractivity contribution is 4.95. The maximum Gasteiger partial charge on any atom is -0.0348 e. The van der Waals surface area contributed by atoms with E-state index in [1.165, 1.54) is 89.9 Å². The first-order chi connectivity index (χ1) is 9.41. The third-order valence-electron chi connectivity index (χ3n) is 3.72. The number of hydrogen-bond donors (Lipinski definition) is 0. The Balaban J connectivity index is 2.95. The van der Waals surface area contributed by atoms with E-state index in [1.54, 1.807) is 6.08 Å². The summed E-state index contributed by atoms with van der Waals surface area (Å²) in [5.41, 5.74) is 0. The molecule has 0 nitrogen and oxygen atoms in total. The van der Waals surface area contributed by atoms with Crippen molar-refractivity contribution >= 4 is 0 Å². The first-order valence-corrected chi connectivity index (χ1v) is 8.62. The highest BCUT2D eigenvalue weighted by Gasteiger charge is 1.93. The molecule has 0 rings (SSSR count). The van der Waals surface area contributed by atoms with Crippen LogP contribution in [-0.2, 0) is 0 Å². The normalized spacial score (nSPS) is 11.2. The van der Waals surface area contributed by atoms with Gasteiger partial charge in [-0.1, -0.05) is 109 Å². The topological polar surface area (TPSA) is 0 Å². The van der Waals surface area contributed by atoms with Crippen LogP contribution in [0.4, 0.5) is 0 Å². The molecule has 0 aromatic rings. The van der Waals surface area contributed by atoms with Gasteiger partial charge in [0, 0.05) is 0 Å². The lowest BCUT2D eigenvalue weighted by molar-refractivity contribution is 0.540. The molecular weight excluding hydrogens is 228 g/mol. The van der Waals surface area contributed by atoms with Crippen LogP contribution in [0.2, 0.25) is 0 Å². The average molecular weight is 263 g/mol. The third kappa shape index (κ3) is 17.5. The second-order valence-corrected chi connectivity index (χ2v) is 5.65. The summed E-state index contributed by atoms with van der Waals surface area (Å²) in [6.07, 6.45) is 25.4. The zero-order valence-corrected chi connectivity index (χ0v) is 13.2. The summed E-state index contributed by atoms with van der Waals surface area (Å²) in [4.78, 5) is 0. The van der Waals surface area contributed by atoms with Crippen LogP contribution in [0.3, 0.4) is 0 Å². The molecular formula is C19H35. The predicted molar refractivity (Wildman–Crippen MR) is 88.3 cm³/mol. The van der Waals surface area contributed by atoms with Crippen molar-refractivity contribution in [2.24, 2.45) is 0 Å². The van der Waals surface area contributed by atoms with Crippen LogP contribution < -0.4 is 0 Å². The van der Waals surface area contributed by atoms with Crippen LogP contribution in [0.5, 0.6) is 0 Å². The summed E-state index contributed by atoms with van der Waals surface area (Å²) in [6, 6.07) is 0. The molecule has 0 heteroatoms. The molecule has 0 aliphatic carbocycles. The molecule has 0 heterocycles. The Morgan fingerprint density at radius 1 is 0.632 bits per heavy atom. The van der Waals surface area contributed by atoms with Gasteiger partial charge in [0.05, 0.1) is 0 Å². The second kappa shape index (κ2) is 17.5. The Morgan fingerprint density at radius 3 is 1.47 bits per heavy atom. The van der Waals surface area contributed by atoms with Crippen LogP contribution in [0.25, 0.3) is 0 Å². The van der Waals surface area contributed by atoms with E-state index in [0.717, 1.165) is 0 Å². The van der Waals surface area contributed by atoms with Gasteiger partial charge in [-0.05, 0) is 12.8 Å². The summed E-state index contributed by atoms with van der Waals surface area (Å²) >= 11 is 0. The van der Waals surface area contributed by atoms with E-state index in [2.05, 4.69) is 13.0 Å². The molecule has 0 saturated heterocycles. The van der Waals surface area contributed by atoms with Gasteiger partial charge < -0.3 is 0 Å². The Bertz CT molecular complexity index is 190. The fourth-order valence-corrected chi connectivity index (χ4v) is 2.45. The molecule has 0 aliphatic heterocycles. The van der Waals surface area contributed by atoms with Crippen molar-refractivity contribution in [3.05, 3.63) is 24.8 Å². The van der Waals surface area contributed by atoms with E-state index >= 15 is 0 Å². The van der Waals surface area contributed by atoms with Gasteiger partial charge in [0.2, 0.25) is 0 Å². The Labute approximate surface area is 122 Å². The van der Waals surface area contributed by atoms with Gasteiger partial charge in [-0.3, -0.25) is 0 Å². The molecule has 0 aromatic heterocycles. The molecule has 0 saturated carbocycles. The van der Waals surface area contributed by atoms with Crippen molar-refractivity contribution in [3.8, 4) is 0 Å². The van der Waals surface area contributed by atoms with Crippen molar-refractivity contribution < 1.29 is 0 Å². The zero-order valence-electron chi connectivity index (χ0n) is 13.2. The van der Waals surface area contributed by atoms with Gasteiger partial charge in [-0.2, -0.15) is 0 Å². The monoisotopic (exact) mass is 263 g/mol. The minimum atomic E-state index is 1.19. The highest BCUT2D eigenvalue weighted by atomic mass is 14.0. The van der Waals surface area contributed by atoms with Crippen molar-refractivity contribution in [1.29, 1.82) is 0 Å². The second-order valence-electron chi connectivity index (χ2n) is 5.65. The summed E-state index contributed by atoms with van der Waals surface area (Å²) in [5.74, 6) is 0. The Morgan fingerprint density at radius 2 is 1.05 bits per heavy atom. The fraction of sp³-hybridized carbons (Fsp3) is 0.789. The Kier molecular flexibility index (Phi) is 17.0. The molecule has 111 valence electrons. The molecule has 19 heavy (non-hydrogen) atoms. The molecule has 0 aliphatic rings. The summed E-state index contributed by atoms with van der Waals surface area (Å²) in [5, 5.41) is 0. The van der Waals surface area contributed by atoms with Gasteiger partial charge in [0.25, 0.3) is 0 Å². The van der Waals surface area contributed by atoms with Crippen LogP contribution in [0.15, 0.2) is 18.2 Å². The summed E-state index contributed by atoms with van der Waals surface area (Å²) in [6.45, 7) is 7.56. The van der Waals surface area contributed by atoms with E-state index in [9.17, 15) is 0 Å². The van der Waals surface area contributed by atoms with Gasteiger partial charge in [-0.25, -0.2) is 0 Å². The first kappa shape index (κ1) is 18.5. The average Bonchev–Trinajstić information content (AvgIpc) is 2.43. The van der Waals surface area contributed by atoms with Crippen LogP contribution in [0, 0.1) is 6.58 Å². The molecule has 0 N–H and O–H groups in total. The molecule has 0 atom stereocenters. The van der Waals surface area contributed by atoms with E-state index in [1.807, 2.05) is 6.08 Å². The lowest BCUT2D eigenvalue weighted by atomic mass is 10.0. The lowest BCUT2D eigenvalue weighted by Gasteiger charge is -2.02. The summed E-state index contributed by atoms with van der Waals surface area (Å²) in [7, 11) is 0. The predicted octanol–water partition coefficient (Wildman–Crippen LogP) is 7.01. The number of allylic oxidation sites excluding steroid dienone is 3. The molecule has 0 unspecified atom stereocenters. The maximum atomic E-state index is 5.27. The van der Waals surface area contributed by atoms with E-state index in [0.29, 0.717) is 0 Å². The van der Waals surface area contributed by atoms with Gasteiger partial charge >= 0.3 is 0 Å². The molecule has 0 fully saturated rings. The minimum Gasteiger partial charge on any atom is -0.0845 e. The van der Waals surface area contributed by atoms with Crippen LogP contribution in [-0.4, -0.2) is 0 Å². The van der Waals surface area contributed by atoms with Gasteiger partial charge in [0.15, 0.2) is 0 Å². The Hall–Kier alpha value is -0.520. The molecule has 1 radical (unpaired) electrons. The summed E-state index contributed by atoms with van der Waals surface area (Å²) < 4.78 is 0. The fourth-order valence-electron chi connectivity index (χ4n) is 2.45. The maximum absolute atomic E-state index is 5.27. The van der Waals surface area contributed by atoms with Crippen molar-refractivity contribution in [1.82, 2.24) is 0 Å². The van der Waals surface area contributed by atoms with Crippen LogP contribution in [0.1, 0.15) is 96.8 Å². The molecule has 0 aromatic carbocycles. The van der Waals surface area contributed by atoms with E-state index in [4.69, 9.17) is 6.58 Å². The number of rotatable bonds is 15. The van der Waals surface area contributed by atoms with Crippen molar-refractivity contribution in [2.45, 2.75) is 96.8 Å². The molecule has 0 spiro atoms. The molecule has 0 bridgehead atoms. The largest absolute Gasteiger partial charge is 0.0845 e. The van der Waals surface area contributed by atoms with Crippen LogP contribution >= 0.6 is 0 Å². The van der Waals surface area contributed by atoms with Crippen molar-refractivity contribution in [3.63, 3.8) is 0 Å². The first-order valence-electron chi connectivity index (χ1n) is 8.62. The quantitative estimate of drug-likeness (QED) is 0.220. The molecule has 0 amide bonds. The van der Waals surface area contributed by atoms with E-state index < -0.39 is 0 Å². The van der Waals surface area contributed by atoms with Gasteiger partial charge in [-0.15, -0.1) is 0 Å². The lowest BCUT2D eigenvalue weighted by Crippen LogP contribution is -1.82.